The van der Waals surface area contributed by atoms with Gasteiger partial charge in [-0.3, -0.25) is 18.9 Å². The molecule has 23 heavy (non-hydrogen) atoms. The molecule has 2 atom stereocenters. The lowest BCUT2D eigenvalue weighted by atomic mass is 10.2. The number of aromatic nitrogens is 4. The summed E-state index contributed by atoms with van der Waals surface area (Å²) < 4.78 is 22.9. The van der Waals surface area contributed by atoms with Gasteiger partial charge in [-0.1, -0.05) is 0 Å². The van der Waals surface area contributed by atoms with Gasteiger partial charge in [-0.15, -0.1) is 0 Å². The van der Waals surface area contributed by atoms with Crippen molar-refractivity contribution in [3.63, 3.8) is 0 Å². The standard InChI is InChI=1S/C10H14N5O7P/c11-9-13-7-6(8(17)14-9)12-3-15(7)10(1-5(16)2-21-10)22-4-23(18,19)20/h3,5,16H,1-2,4H2,(H2,18,19,20)(H3,11,13,14,17)/t5-,10-/m0/s1. The van der Waals surface area contributed by atoms with Crippen LogP contribution in [0.3, 0.4) is 0 Å². The Morgan fingerprint density at radius 3 is 2.96 bits per heavy atom. The minimum atomic E-state index is -4.49. The van der Waals surface area contributed by atoms with Crippen molar-refractivity contribution in [1.29, 1.82) is 0 Å². The fraction of sp³-hybridized carbons (Fsp3) is 0.500. The van der Waals surface area contributed by atoms with Gasteiger partial charge in [0.2, 0.25) is 5.95 Å². The predicted octanol–water partition coefficient (Wildman–Crippen LogP) is -1.75. The Hall–Kier alpha value is -1.82. The van der Waals surface area contributed by atoms with Gasteiger partial charge in [0, 0.05) is 0 Å². The number of nitrogens with two attached hydrogens (primary N) is 1. The summed E-state index contributed by atoms with van der Waals surface area (Å²) in [6, 6.07) is 0. The Kier molecular flexibility index (Phi) is 3.75. The molecule has 0 bridgehead atoms. The number of aliphatic hydroxyl groups excluding tert-OH is 1. The summed E-state index contributed by atoms with van der Waals surface area (Å²) >= 11 is 0. The van der Waals surface area contributed by atoms with Crippen molar-refractivity contribution in [3.05, 3.63) is 16.7 Å². The van der Waals surface area contributed by atoms with Crippen molar-refractivity contribution in [2.45, 2.75) is 18.4 Å². The molecule has 1 saturated heterocycles. The number of aliphatic hydroxyl groups is 1. The maximum absolute atomic E-state index is 11.8. The Bertz CT molecular complexity index is 844. The lowest BCUT2D eigenvalue weighted by Gasteiger charge is -2.29. The molecule has 3 rings (SSSR count). The largest absolute Gasteiger partial charge is 0.390 e. The first-order valence-electron chi connectivity index (χ1n) is 6.44. The molecule has 1 fully saturated rings. The number of hydrogen-bond acceptors (Lipinski definition) is 8. The van der Waals surface area contributed by atoms with Crippen LogP contribution in [0.5, 0.6) is 0 Å². The molecule has 0 amide bonds. The lowest BCUT2D eigenvalue weighted by molar-refractivity contribution is -0.259. The molecule has 0 unspecified atom stereocenters. The van der Waals surface area contributed by atoms with Gasteiger partial charge in [0.05, 0.1) is 19.1 Å². The number of rotatable bonds is 4. The lowest BCUT2D eigenvalue weighted by Crippen LogP contribution is -2.37. The van der Waals surface area contributed by atoms with E-state index in [9.17, 15) is 14.5 Å². The van der Waals surface area contributed by atoms with Gasteiger partial charge >= 0.3 is 7.60 Å². The second-order valence-corrected chi connectivity index (χ2v) is 6.65. The second-order valence-electron chi connectivity index (χ2n) is 5.06. The van der Waals surface area contributed by atoms with Gasteiger partial charge in [0.1, 0.15) is 6.33 Å². The Balaban J connectivity index is 2.11. The summed E-state index contributed by atoms with van der Waals surface area (Å²) in [7, 11) is -4.49. The van der Waals surface area contributed by atoms with Gasteiger partial charge in [-0.05, 0) is 0 Å². The number of aromatic amines is 1. The van der Waals surface area contributed by atoms with Crippen LogP contribution in [0.2, 0.25) is 0 Å². The zero-order chi connectivity index (χ0) is 16.8. The highest BCUT2D eigenvalue weighted by molar-refractivity contribution is 7.51. The van der Waals surface area contributed by atoms with Crippen LogP contribution >= 0.6 is 7.60 Å². The summed E-state index contributed by atoms with van der Waals surface area (Å²) in [6.45, 7) is -0.125. The van der Waals surface area contributed by atoms with E-state index >= 15 is 0 Å². The number of nitrogens with zero attached hydrogens (tertiary/aromatic N) is 3. The highest BCUT2D eigenvalue weighted by Gasteiger charge is 2.45. The van der Waals surface area contributed by atoms with Crippen molar-refractivity contribution < 1.29 is 28.9 Å². The molecule has 6 N–H and O–H groups in total. The van der Waals surface area contributed by atoms with E-state index in [-0.39, 0.29) is 30.1 Å². The van der Waals surface area contributed by atoms with Crippen molar-refractivity contribution in [2.24, 2.45) is 0 Å². The van der Waals surface area contributed by atoms with Gasteiger partial charge in [-0.2, -0.15) is 4.98 Å². The first-order chi connectivity index (χ1) is 10.7. The molecule has 2 aromatic rings. The van der Waals surface area contributed by atoms with Crippen LogP contribution in [0.4, 0.5) is 5.95 Å². The predicted molar refractivity (Wildman–Crippen MR) is 75.1 cm³/mol. The molecular formula is C10H14N5O7P. The zero-order valence-corrected chi connectivity index (χ0v) is 12.5. The molecule has 2 aromatic heterocycles. The van der Waals surface area contributed by atoms with Crippen LogP contribution in [0.25, 0.3) is 11.2 Å². The molecule has 0 radical (unpaired) electrons. The molecule has 0 aromatic carbocycles. The quantitative estimate of drug-likeness (QED) is 0.397. The van der Waals surface area contributed by atoms with E-state index in [1.165, 1.54) is 10.9 Å². The number of H-pyrrole nitrogens is 1. The van der Waals surface area contributed by atoms with Crippen LogP contribution in [0.15, 0.2) is 11.1 Å². The first kappa shape index (κ1) is 16.1. The Morgan fingerprint density at radius 1 is 1.61 bits per heavy atom. The number of nitrogen functional groups attached to an aromatic ring is 1. The third-order valence-electron chi connectivity index (χ3n) is 3.25. The maximum Gasteiger partial charge on any atom is 0.351 e. The molecular weight excluding hydrogens is 333 g/mol. The van der Waals surface area contributed by atoms with Crippen LogP contribution in [0.1, 0.15) is 6.42 Å². The maximum atomic E-state index is 11.8. The van der Waals surface area contributed by atoms with Gasteiger partial charge in [-0.25, -0.2) is 4.98 Å². The van der Waals surface area contributed by atoms with E-state index < -0.39 is 31.5 Å². The summed E-state index contributed by atoms with van der Waals surface area (Å²) in [5.41, 5.74) is 4.87. The SMILES string of the molecule is Nc1nc2c(ncn2[C@@]2(OCP(=O)(O)O)C[C@H](O)CO2)c(=O)[nH]1. The van der Waals surface area contributed by atoms with Gasteiger partial charge < -0.3 is 30.1 Å². The summed E-state index contributed by atoms with van der Waals surface area (Å²) in [5.74, 6) is -1.92. The van der Waals surface area contributed by atoms with Crippen LogP contribution in [-0.2, 0) is 19.9 Å². The van der Waals surface area contributed by atoms with E-state index in [2.05, 4.69) is 15.0 Å². The van der Waals surface area contributed by atoms with E-state index in [1.54, 1.807) is 0 Å². The topological polar surface area (TPSA) is 186 Å². The molecule has 1 aliphatic rings. The fourth-order valence-electron chi connectivity index (χ4n) is 2.34. The summed E-state index contributed by atoms with van der Waals surface area (Å²) in [4.78, 5) is 39.9. The summed E-state index contributed by atoms with van der Waals surface area (Å²) in [5, 5.41) is 9.73. The Labute approximate surface area is 128 Å². The van der Waals surface area contributed by atoms with Crippen molar-refractivity contribution in [2.75, 3.05) is 18.7 Å². The average molecular weight is 347 g/mol. The highest BCUT2D eigenvalue weighted by atomic mass is 31.2. The number of imidazole rings is 1. The van der Waals surface area contributed by atoms with Crippen molar-refractivity contribution >= 4 is 24.7 Å². The van der Waals surface area contributed by atoms with Crippen LogP contribution < -0.4 is 11.3 Å². The zero-order valence-electron chi connectivity index (χ0n) is 11.6. The number of ether oxygens (including phenoxy) is 2. The molecule has 1 aliphatic heterocycles. The molecule has 12 nitrogen and oxygen atoms in total. The molecule has 0 spiro atoms. The van der Waals surface area contributed by atoms with Crippen molar-refractivity contribution in [1.82, 2.24) is 19.5 Å². The van der Waals surface area contributed by atoms with E-state index in [0.29, 0.717) is 0 Å². The molecule has 126 valence electrons. The molecule has 13 heteroatoms. The van der Waals surface area contributed by atoms with Crippen LogP contribution in [0, 0.1) is 0 Å². The van der Waals surface area contributed by atoms with Gasteiger partial charge in [0.25, 0.3) is 11.5 Å². The smallest absolute Gasteiger partial charge is 0.351 e. The van der Waals surface area contributed by atoms with E-state index in [0.717, 1.165) is 0 Å². The normalized spacial score (nSPS) is 25.3. The van der Waals surface area contributed by atoms with E-state index in [1.807, 2.05) is 0 Å². The van der Waals surface area contributed by atoms with Crippen LogP contribution in [-0.4, -0.2) is 53.5 Å². The summed E-state index contributed by atoms with van der Waals surface area (Å²) in [6.07, 6.45) is -0.835. The molecule has 3 heterocycles. The minimum absolute atomic E-state index is 0.00561. The van der Waals surface area contributed by atoms with Crippen molar-refractivity contribution in [3.8, 4) is 0 Å². The number of nitrogens with one attached hydrogen (secondary N) is 1. The molecule has 0 saturated carbocycles. The first-order valence-corrected chi connectivity index (χ1v) is 8.24. The third kappa shape index (κ3) is 3.00. The number of fused-ring (bicyclic) bond motifs is 1. The monoisotopic (exact) mass is 347 g/mol. The second kappa shape index (κ2) is 5.37. The molecule has 0 aliphatic carbocycles. The Morgan fingerprint density at radius 2 is 2.35 bits per heavy atom. The number of hydrogen-bond donors (Lipinski definition) is 5. The fourth-order valence-corrected chi connectivity index (χ4v) is 2.71. The third-order valence-corrected chi connectivity index (χ3v) is 3.71. The minimum Gasteiger partial charge on any atom is -0.390 e. The average Bonchev–Trinajstić information content (AvgIpc) is 3.00. The number of anilines is 1. The highest BCUT2D eigenvalue weighted by Crippen LogP contribution is 2.41. The van der Waals surface area contributed by atoms with Gasteiger partial charge in [0.15, 0.2) is 17.5 Å². The van der Waals surface area contributed by atoms with E-state index in [4.69, 9.17) is 25.0 Å².